The van der Waals surface area contributed by atoms with E-state index in [2.05, 4.69) is 10.0 Å². The van der Waals surface area contributed by atoms with Crippen LogP contribution in [-0.2, 0) is 14.8 Å². The topological polar surface area (TPSA) is 105 Å². The van der Waals surface area contributed by atoms with Gasteiger partial charge < -0.3 is 15.0 Å². The summed E-state index contributed by atoms with van der Waals surface area (Å²) in [4.78, 5) is 26.5. The van der Waals surface area contributed by atoms with E-state index in [1.54, 1.807) is 81.2 Å². The molecule has 1 saturated carbocycles. The molecule has 0 aromatic heterocycles. The third kappa shape index (κ3) is 6.82. The molecule has 35 heavy (non-hydrogen) atoms. The van der Waals surface area contributed by atoms with Gasteiger partial charge in [-0.15, -0.1) is 0 Å². The van der Waals surface area contributed by atoms with Crippen LogP contribution >= 0.6 is 0 Å². The Balaban J connectivity index is 1.70. The standard InChI is InChI=1S/C26H35N3O5S/c1-6-27-24(30)19-11-14-20(17-19)29(5)25(31)34-21-15-12-18(13-16-21)22-9-7-8-10-23(22)35(32,33)28-26(2,3)4/h7-10,12-13,15-16,19-20,28H,6,11,14,17H2,1-5H3,(H,27,30)/t19-,20+/m0/s1. The van der Waals surface area contributed by atoms with Gasteiger partial charge in [0.2, 0.25) is 15.9 Å². The Kier molecular flexibility index (Phi) is 8.22. The SMILES string of the molecule is CCNC(=O)[C@H]1CC[C@@H](N(C)C(=O)Oc2ccc(-c3ccccc3S(=O)(=O)NC(C)(C)C)cc2)C1. The van der Waals surface area contributed by atoms with Crippen molar-refractivity contribution in [1.82, 2.24) is 14.9 Å². The second-order valence-electron chi connectivity index (χ2n) is 9.91. The minimum atomic E-state index is -3.73. The lowest BCUT2D eigenvalue weighted by molar-refractivity contribution is -0.124. The fraction of sp³-hybridized carbons (Fsp3) is 0.462. The van der Waals surface area contributed by atoms with E-state index in [1.165, 1.54) is 0 Å². The molecule has 0 radical (unpaired) electrons. The van der Waals surface area contributed by atoms with Gasteiger partial charge in [-0.2, -0.15) is 0 Å². The summed E-state index contributed by atoms with van der Waals surface area (Å²) in [6.45, 7) is 7.85. The first-order valence-corrected chi connectivity index (χ1v) is 13.4. The molecule has 0 heterocycles. The number of ether oxygens (including phenoxy) is 1. The number of carbonyl (C=O) groups is 2. The van der Waals surface area contributed by atoms with E-state index in [0.717, 1.165) is 12.8 Å². The van der Waals surface area contributed by atoms with E-state index in [0.29, 0.717) is 29.8 Å². The third-order valence-corrected chi connectivity index (χ3v) is 7.77. The number of hydrogen-bond acceptors (Lipinski definition) is 5. The van der Waals surface area contributed by atoms with Crippen molar-refractivity contribution in [3.8, 4) is 16.9 Å². The highest BCUT2D eigenvalue weighted by atomic mass is 32.2. The highest BCUT2D eigenvalue weighted by Crippen LogP contribution is 2.31. The molecule has 0 spiro atoms. The molecule has 2 atom stereocenters. The van der Waals surface area contributed by atoms with E-state index in [9.17, 15) is 18.0 Å². The Bertz CT molecular complexity index is 1160. The van der Waals surface area contributed by atoms with Crippen molar-refractivity contribution in [2.75, 3.05) is 13.6 Å². The number of nitrogens with one attached hydrogen (secondary N) is 2. The molecule has 3 rings (SSSR count). The van der Waals surface area contributed by atoms with Gasteiger partial charge in [0.15, 0.2) is 0 Å². The summed E-state index contributed by atoms with van der Waals surface area (Å²) >= 11 is 0. The zero-order valence-electron chi connectivity index (χ0n) is 21.0. The maximum atomic E-state index is 12.9. The Morgan fingerprint density at radius 3 is 2.34 bits per heavy atom. The number of nitrogens with zero attached hydrogens (tertiary/aromatic N) is 1. The molecule has 0 saturated heterocycles. The van der Waals surface area contributed by atoms with Crippen molar-refractivity contribution < 1.29 is 22.7 Å². The zero-order valence-corrected chi connectivity index (χ0v) is 21.8. The zero-order chi connectivity index (χ0) is 25.8. The van der Waals surface area contributed by atoms with E-state index in [1.807, 2.05) is 6.92 Å². The van der Waals surface area contributed by atoms with Gasteiger partial charge in [0.1, 0.15) is 5.75 Å². The van der Waals surface area contributed by atoms with Crippen molar-refractivity contribution >= 4 is 22.0 Å². The average Bonchev–Trinajstić information content (AvgIpc) is 3.28. The van der Waals surface area contributed by atoms with Crippen molar-refractivity contribution in [1.29, 1.82) is 0 Å². The van der Waals surface area contributed by atoms with Gasteiger partial charge in [-0.1, -0.05) is 30.3 Å². The molecule has 1 fully saturated rings. The number of rotatable bonds is 7. The summed E-state index contributed by atoms with van der Waals surface area (Å²) < 4.78 is 34.1. The number of amides is 2. The fourth-order valence-corrected chi connectivity index (χ4v) is 5.94. The molecule has 0 bridgehead atoms. The van der Waals surface area contributed by atoms with Crippen LogP contribution in [0.25, 0.3) is 11.1 Å². The predicted octanol–water partition coefficient (Wildman–Crippen LogP) is 4.17. The van der Waals surface area contributed by atoms with Gasteiger partial charge in [0.05, 0.1) is 4.90 Å². The quantitative estimate of drug-likeness (QED) is 0.593. The van der Waals surface area contributed by atoms with Gasteiger partial charge in [-0.3, -0.25) is 4.79 Å². The molecule has 2 amide bonds. The van der Waals surface area contributed by atoms with Crippen molar-refractivity contribution in [2.24, 2.45) is 5.92 Å². The number of benzene rings is 2. The minimum absolute atomic E-state index is 0.0346. The second-order valence-corrected chi connectivity index (χ2v) is 11.6. The van der Waals surface area contributed by atoms with Gasteiger partial charge in [0, 0.05) is 36.7 Å². The van der Waals surface area contributed by atoms with Gasteiger partial charge >= 0.3 is 6.09 Å². The van der Waals surface area contributed by atoms with Crippen molar-refractivity contribution in [3.05, 3.63) is 48.5 Å². The van der Waals surface area contributed by atoms with Gasteiger partial charge in [-0.05, 0) is 70.7 Å². The summed E-state index contributed by atoms with van der Waals surface area (Å²) in [5.41, 5.74) is 0.630. The Hall–Kier alpha value is -2.91. The monoisotopic (exact) mass is 501 g/mol. The maximum Gasteiger partial charge on any atom is 0.415 e. The third-order valence-electron chi connectivity index (χ3n) is 5.95. The van der Waals surface area contributed by atoms with E-state index < -0.39 is 21.7 Å². The van der Waals surface area contributed by atoms with E-state index in [-0.39, 0.29) is 22.8 Å². The van der Waals surface area contributed by atoms with E-state index in [4.69, 9.17) is 4.74 Å². The Labute approximate surface area is 208 Å². The number of carbonyl (C=O) groups excluding carboxylic acids is 2. The molecule has 1 aliphatic rings. The fourth-order valence-electron chi connectivity index (χ4n) is 4.29. The van der Waals surface area contributed by atoms with Gasteiger partial charge in [0.25, 0.3) is 0 Å². The molecule has 8 nitrogen and oxygen atoms in total. The summed E-state index contributed by atoms with van der Waals surface area (Å²) in [6.07, 6.45) is 1.62. The van der Waals surface area contributed by atoms with Crippen molar-refractivity contribution in [3.63, 3.8) is 0 Å². The number of hydrogen-bond donors (Lipinski definition) is 2. The smallest absolute Gasteiger partial charge is 0.410 e. The molecule has 1 aliphatic carbocycles. The molecule has 0 unspecified atom stereocenters. The highest BCUT2D eigenvalue weighted by Gasteiger charge is 2.34. The first kappa shape index (κ1) is 26.7. The van der Waals surface area contributed by atoms with Gasteiger partial charge in [-0.25, -0.2) is 17.9 Å². The normalized spacial score (nSPS) is 18.2. The summed E-state index contributed by atoms with van der Waals surface area (Å²) in [7, 11) is -2.05. The lowest BCUT2D eigenvalue weighted by Gasteiger charge is -2.24. The summed E-state index contributed by atoms with van der Waals surface area (Å²) in [5, 5.41) is 2.84. The summed E-state index contributed by atoms with van der Waals surface area (Å²) in [6, 6.07) is 13.5. The molecule has 9 heteroatoms. The lowest BCUT2D eigenvalue weighted by Crippen LogP contribution is -2.40. The molecular weight excluding hydrogens is 466 g/mol. The molecule has 190 valence electrons. The second kappa shape index (κ2) is 10.8. The van der Waals surface area contributed by atoms with Crippen LogP contribution in [0.2, 0.25) is 0 Å². The minimum Gasteiger partial charge on any atom is -0.410 e. The van der Waals surface area contributed by atoms with Crippen LogP contribution in [0.4, 0.5) is 4.79 Å². The Morgan fingerprint density at radius 1 is 1.06 bits per heavy atom. The highest BCUT2D eigenvalue weighted by molar-refractivity contribution is 7.89. The molecule has 2 aromatic rings. The van der Waals surface area contributed by atoms with Crippen LogP contribution in [0.3, 0.4) is 0 Å². The molecular formula is C26H35N3O5S. The molecule has 2 aromatic carbocycles. The average molecular weight is 502 g/mol. The van der Waals surface area contributed by atoms with Crippen LogP contribution in [0.5, 0.6) is 5.75 Å². The van der Waals surface area contributed by atoms with Crippen LogP contribution in [-0.4, -0.2) is 50.5 Å². The molecule has 2 N–H and O–H groups in total. The van der Waals surface area contributed by atoms with Crippen LogP contribution in [0, 0.1) is 5.92 Å². The predicted molar refractivity (Wildman–Crippen MR) is 136 cm³/mol. The van der Waals surface area contributed by atoms with Crippen LogP contribution < -0.4 is 14.8 Å². The Morgan fingerprint density at radius 2 is 1.71 bits per heavy atom. The first-order valence-electron chi connectivity index (χ1n) is 11.9. The first-order chi connectivity index (χ1) is 16.4. The summed E-state index contributed by atoms with van der Waals surface area (Å²) in [5.74, 6) is 0.308. The maximum absolute atomic E-state index is 12.9. The van der Waals surface area contributed by atoms with E-state index >= 15 is 0 Å². The molecule has 0 aliphatic heterocycles. The van der Waals surface area contributed by atoms with Crippen molar-refractivity contribution in [2.45, 2.75) is 63.4 Å². The lowest BCUT2D eigenvalue weighted by atomic mass is 10.1. The largest absolute Gasteiger partial charge is 0.415 e. The number of sulfonamides is 1. The van der Waals surface area contributed by atoms with Crippen LogP contribution in [0.15, 0.2) is 53.4 Å². The van der Waals surface area contributed by atoms with Crippen LogP contribution in [0.1, 0.15) is 47.0 Å².